The molecule has 7 heteroatoms. The average Bonchev–Trinajstić information content (AvgIpc) is 3.25. The average molecular weight is 318 g/mol. The van der Waals surface area contributed by atoms with Crippen LogP contribution in [0.25, 0.3) is 0 Å². The van der Waals surface area contributed by atoms with Crippen LogP contribution in [0.3, 0.4) is 0 Å². The van der Waals surface area contributed by atoms with Crippen molar-refractivity contribution in [2.45, 2.75) is 39.5 Å². The van der Waals surface area contributed by atoms with Crippen molar-refractivity contribution in [3.8, 4) is 0 Å². The van der Waals surface area contributed by atoms with Crippen LogP contribution in [-0.4, -0.2) is 27.5 Å². The van der Waals surface area contributed by atoms with Gasteiger partial charge in [0.15, 0.2) is 0 Å². The quantitative estimate of drug-likeness (QED) is 0.918. The first-order valence-corrected chi connectivity index (χ1v) is 8.12. The predicted molar refractivity (Wildman–Crippen MR) is 84.8 cm³/mol. The minimum Gasteiger partial charge on any atom is -0.382 e. The zero-order valence-corrected chi connectivity index (χ0v) is 13.4. The van der Waals surface area contributed by atoms with E-state index in [0.717, 1.165) is 28.4 Å². The van der Waals surface area contributed by atoms with Crippen LogP contribution in [0.1, 0.15) is 29.5 Å². The first-order valence-electron chi connectivity index (χ1n) is 7.24. The molecule has 0 saturated carbocycles. The van der Waals surface area contributed by atoms with Crippen LogP contribution in [0.15, 0.2) is 28.9 Å². The van der Waals surface area contributed by atoms with Gasteiger partial charge in [-0.2, -0.15) is 5.10 Å². The molecule has 0 aliphatic carbocycles. The molecule has 1 atom stereocenters. The highest BCUT2D eigenvalue weighted by Crippen LogP contribution is 2.19. The highest BCUT2D eigenvalue weighted by Gasteiger charge is 2.30. The Kier molecular flexibility index (Phi) is 4.24. The van der Waals surface area contributed by atoms with Gasteiger partial charge >= 0.3 is 0 Å². The van der Waals surface area contributed by atoms with E-state index in [0.29, 0.717) is 13.0 Å². The normalized spacial score (nSPS) is 17.2. The van der Waals surface area contributed by atoms with Crippen LogP contribution in [0.5, 0.6) is 0 Å². The van der Waals surface area contributed by atoms with E-state index in [1.165, 1.54) is 0 Å². The van der Waals surface area contributed by atoms with Crippen LogP contribution >= 0.6 is 11.3 Å². The Bertz CT molecular complexity index is 690. The molecule has 0 saturated heterocycles. The molecule has 1 aliphatic rings. The summed E-state index contributed by atoms with van der Waals surface area (Å²) >= 11 is 1.62. The maximum absolute atomic E-state index is 12.1. The third-order valence-corrected chi connectivity index (χ3v) is 4.57. The Morgan fingerprint density at radius 2 is 2.45 bits per heavy atom. The molecule has 22 heavy (non-hydrogen) atoms. The number of oxime groups is 1. The highest BCUT2D eigenvalue weighted by molar-refractivity contribution is 7.09. The molecule has 0 unspecified atom stereocenters. The number of aryl methyl sites for hydroxylation is 1. The number of nitrogens with one attached hydrogen (secondary N) is 1. The lowest BCUT2D eigenvalue weighted by Crippen LogP contribution is -2.34. The highest BCUT2D eigenvalue weighted by atomic mass is 32.1. The smallest absolute Gasteiger partial charge is 0.264 e. The fraction of sp³-hybridized carbons (Fsp3) is 0.400. The minimum absolute atomic E-state index is 0.132. The van der Waals surface area contributed by atoms with Gasteiger partial charge in [-0.3, -0.25) is 9.48 Å². The van der Waals surface area contributed by atoms with E-state index in [1.54, 1.807) is 17.5 Å². The molecule has 0 spiro atoms. The fourth-order valence-electron chi connectivity index (χ4n) is 2.43. The van der Waals surface area contributed by atoms with Gasteiger partial charge in [0.2, 0.25) is 6.10 Å². The molecule has 3 heterocycles. The number of hydrogen-bond acceptors (Lipinski definition) is 5. The summed E-state index contributed by atoms with van der Waals surface area (Å²) in [6.07, 6.45) is 1.71. The zero-order valence-electron chi connectivity index (χ0n) is 12.6. The summed E-state index contributed by atoms with van der Waals surface area (Å²) in [6.45, 7) is 5.37. The largest absolute Gasteiger partial charge is 0.382 e. The molecule has 2 aromatic heterocycles. The van der Waals surface area contributed by atoms with Crippen LogP contribution in [0.4, 0.5) is 0 Å². The lowest BCUT2D eigenvalue weighted by molar-refractivity contribution is -0.131. The molecule has 0 radical (unpaired) electrons. The summed E-state index contributed by atoms with van der Waals surface area (Å²) in [6, 6.07) is 3.96. The topological polar surface area (TPSA) is 68.5 Å². The van der Waals surface area contributed by atoms with E-state index in [2.05, 4.69) is 15.6 Å². The van der Waals surface area contributed by atoms with Gasteiger partial charge < -0.3 is 10.2 Å². The lowest BCUT2D eigenvalue weighted by atomic mass is 10.1. The van der Waals surface area contributed by atoms with Gasteiger partial charge in [-0.25, -0.2) is 0 Å². The van der Waals surface area contributed by atoms with E-state index < -0.39 is 6.10 Å². The molecule has 0 aromatic carbocycles. The summed E-state index contributed by atoms with van der Waals surface area (Å²) in [5.74, 6) is -0.132. The van der Waals surface area contributed by atoms with E-state index in [4.69, 9.17) is 4.84 Å². The molecule has 0 bridgehead atoms. The van der Waals surface area contributed by atoms with Crippen molar-refractivity contribution in [3.05, 3.63) is 39.8 Å². The SMILES string of the molecule is CCn1ncc(C2=NO[C@@H](C(=O)NCc3cccs3)C2)c1C. The summed E-state index contributed by atoms with van der Waals surface area (Å²) in [4.78, 5) is 18.5. The predicted octanol–water partition coefficient (Wildman–Crippen LogP) is 2.08. The third-order valence-electron chi connectivity index (χ3n) is 3.69. The summed E-state index contributed by atoms with van der Waals surface area (Å²) in [7, 11) is 0. The summed E-state index contributed by atoms with van der Waals surface area (Å²) < 4.78 is 1.90. The van der Waals surface area contributed by atoms with Gasteiger partial charge in [0.25, 0.3) is 5.91 Å². The Balaban J connectivity index is 1.59. The molecular formula is C15H18N4O2S. The van der Waals surface area contributed by atoms with Gasteiger partial charge in [-0.15, -0.1) is 11.3 Å². The molecule has 0 fully saturated rings. The Morgan fingerprint density at radius 3 is 3.14 bits per heavy atom. The molecule has 2 aromatic rings. The number of nitrogens with zero attached hydrogens (tertiary/aromatic N) is 3. The van der Waals surface area contributed by atoms with Crippen molar-refractivity contribution in [2.75, 3.05) is 0 Å². The molecule has 1 N–H and O–H groups in total. The standard InChI is InChI=1S/C15H18N4O2S/c1-3-19-10(2)12(9-17-19)13-7-14(21-18-13)15(20)16-8-11-5-4-6-22-11/h4-6,9,14H,3,7-8H2,1-2H3,(H,16,20)/t14-/m1/s1. The first kappa shape index (κ1) is 14.8. The maximum Gasteiger partial charge on any atom is 0.264 e. The second kappa shape index (κ2) is 6.31. The Morgan fingerprint density at radius 1 is 1.59 bits per heavy atom. The Hall–Kier alpha value is -2.15. The van der Waals surface area contributed by atoms with Crippen LogP contribution in [-0.2, 0) is 22.7 Å². The fourth-order valence-corrected chi connectivity index (χ4v) is 3.07. The summed E-state index contributed by atoms with van der Waals surface area (Å²) in [5, 5.41) is 13.2. The number of thiophene rings is 1. The monoisotopic (exact) mass is 318 g/mol. The summed E-state index contributed by atoms with van der Waals surface area (Å²) in [5.41, 5.74) is 2.79. The van der Waals surface area contributed by atoms with Crippen molar-refractivity contribution >= 4 is 23.0 Å². The van der Waals surface area contributed by atoms with Crippen molar-refractivity contribution in [3.63, 3.8) is 0 Å². The van der Waals surface area contributed by atoms with E-state index in [9.17, 15) is 4.79 Å². The number of rotatable bonds is 5. The van der Waals surface area contributed by atoms with E-state index in [-0.39, 0.29) is 5.91 Å². The number of aromatic nitrogens is 2. The van der Waals surface area contributed by atoms with Crippen LogP contribution in [0.2, 0.25) is 0 Å². The maximum atomic E-state index is 12.1. The number of carbonyl (C=O) groups excluding carboxylic acids is 1. The molecule has 1 amide bonds. The second-order valence-corrected chi connectivity index (χ2v) is 6.12. The van der Waals surface area contributed by atoms with Gasteiger partial charge in [0.05, 0.1) is 18.5 Å². The van der Waals surface area contributed by atoms with Crippen molar-refractivity contribution in [1.82, 2.24) is 15.1 Å². The lowest BCUT2D eigenvalue weighted by Gasteiger charge is -2.08. The van der Waals surface area contributed by atoms with Crippen LogP contribution < -0.4 is 5.32 Å². The Labute approximate surface area is 132 Å². The minimum atomic E-state index is -0.556. The van der Waals surface area contributed by atoms with Gasteiger partial charge in [0, 0.05) is 29.1 Å². The number of amides is 1. The van der Waals surface area contributed by atoms with Crippen molar-refractivity contribution in [2.24, 2.45) is 5.16 Å². The van der Waals surface area contributed by atoms with Gasteiger partial charge in [-0.05, 0) is 25.3 Å². The van der Waals surface area contributed by atoms with E-state index in [1.807, 2.05) is 36.0 Å². The molecule has 116 valence electrons. The first-order chi connectivity index (χ1) is 10.7. The number of carbonyl (C=O) groups is 1. The second-order valence-electron chi connectivity index (χ2n) is 5.09. The molecule has 1 aliphatic heterocycles. The van der Waals surface area contributed by atoms with Crippen molar-refractivity contribution in [1.29, 1.82) is 0 Å². The van der Waals surface area contributed by atoms with E-state index >= 15 is 0 Å². The zero-order chi connectivity index (χ0) is 15.5. The molecular weight excluding hydrogens is 300 g/mol. The molecule has 3 rings (SSSR count). The number of hydrogen-bond donors (Lipinski definition) is 1. The van der Waals surface area contributed by atoms with Gasteiger partial charge in [0.1, 0.15) is 0 Å². The molecule has 6 nitrogen and oxygen atoms in total. The third kappa shape index (κ3) is 2.89. The van der Waals surface area contributed by atoms with Crippen LogP contribution in [0, 0.1) is 6.92 Å². The van der Waals surface area contributed by atoms with Crippen molar-refractivity contribution < 1.29 is 9.63 Å². The van der Waals surface area contributed by atoms with Gasteiger partial charge in [-0.1, -0.05) is 11.2 Å².